The highest BCUT2D eigenvalue weighted by Crippen LogP contribution is 2.13. The zero-order valence-corrected chi connectivity index (χ0v) is 14.9. The molecule has 22 heavy (non-hydrogen) atoms. The van der Waals surface area contributed by atoms with Gasteiger partial charge in [-0.05, 0) is 32.4 Å². The summed E-state index contributed by atoms with van der Waals surface area (Å²) >= 11 is 0. The van der Waals surface area contributed by atoms with Crippen molar-refractivity contribution in [1.29, 1.82) is 0 Å². The number of hydrogen-bond donors (Lipinski definition) is 2. The van der Waals surface area contributed by atoms with Crippen LogP contribution in [-0.2, 0) is 9.47 Å². The van der Waals surface area contributed by atoms with Gasteiger partial charge in [-0.25, -0.2) is 0 Å². The van der Waals surface area contributed by atoms with Crippen LogP contribution >= 0.6 is 0 Å². The van der Waals surface area contributed by atoms with Gasteiger partial charge in [-0.1, -0.05) is 13.8 Å². The molecule has 0 saturated carbocycles. The number of aliphatic imine (C=N–C) groups is 1. The lowest BCUT2D eigenvalue weighted by Crippen LogP contribution is -2.45. The number of nitrogens with one attached hydrogen (secondary N) is 2. The van der Waals surface area contributed by atoms with Crippen molar-refractivity contribution in [1.82, 2.24) is 15.5 Å². The minimum Gasteiger partial charge on any atom is -0.379 e. The van der Waals surface area contributed by atoms with Gasteiger partial charge in [0.1, 0.15) is 0 Å². The van der Waals surface area contributed by atoms with Gasteiger partial charge >= 0.3 is 0 Å². The molecule has 1 heterocycles. The van der Waals surface area contributed by atoms with Gasteiger partial charge in [0, 0.05) is 39.9 Å². The van der Waals surface area contributed by atoms with Crippen LogP contribution in [0.1, 0.15) is 26.7 Å². The first-order valence-corrected chi connectivity index (χ1v) is 8.21. The van der Waals surface area contributed by atoms with E-state index in [4.69, 9.17) is 9.47 Å². The molecule has 0 aromatic rings. The highest BCUT2D eigenvalue weighted by Gasteiger charge is 2.19. The van der Waals surface area contributed by atoms with Crippen LogP contribution in [0.3, 0.4) is 0 Å². The Morgan fingerprint density at radius 1 is 1.36 bits per heavy atom. The third-order valence-electron chi connectivity index (χ3n) is 3.56. The summed E-state index contributed by atoms with van der Waals surface area (Å²) in [6.45, 7) is 9.65. The van der Waals surface area contributed by atoms with Gasteiger partial charge in [-0.15, -0.1) is 0 Å². The van der Waals surface area contributed by atoms with Crippen molar-refractivity contribution in [2.75, 3.05) is 60.6 Å². The Morgan fingerprint density at radius 2 is 2.14 bits per heavy atom. The highest BCUT2D eigenvalue weighted by atomic mass is 16.5. The maximum atomic E-state index is 5.75. The number of nitrogens with zero attached hydrogens (tertiary/aromatic N) is 2. The third-order valence-corrected chi connectivity index (χ3v) is 3.56. The average molecular weight is 314 g/mol. The first-order chi connectivity index (χ1) is 10.4. The molecule has 0 aromatic carbocycles. The Morgan fingerprint density at radius 3 is 2.73 bits per heavy atom. The lowest BCUT2D eigenvalue weighted by Gasteiger charge is -2.29. The van der Waals surface area contributed by atoms with Crippen LogP contribution in [0, 0.1) is 5.41 Å². The number of rotatable bonds is 9. The second-order valence-corrected chi connectivity index (χ2v) is 6.96. The quantitative estimate of drug-likeness (QED) is 0.377. The summed E-state index contributed by atoms with van der Waals surface area (Å²) in [5.74, 6) is 0.857. The molecule has 1 saturated heterocycles. The van der Waals surface area contributed by atoms with Crippen LogP contribution < -0.4 is 10.6 Å². The fourth-order valence-electron chi connectivity index (χ4n) is 2.63. The smallest absolute Gasteiger partial charge is 0.190 e. The summed E-state index contributed by atoms with van der Waals surface area (Å²) in [6, 6.07) is 0. The van der Waals surface area contributed by atoms with Gasteiger partial charge in [0.05, 0.1) is 12.7 Å². The zero-order valence-electron chi connectivity index (χ0n) is 14.9. The van der Waals surface area contributed by atoms with Gasteiger partial charge < -0.3 is 25.0 Å². The van der Waals surface area contributed by atoms with Crippen molar-refractivity contribution >= 4 is 5.96 Å². The van der Waals surface area contributed by atoms with Crippen LogP contribution in [-0.4, -0.2) is 77.6 Å². The second-order valence-electron chi connectivity index (χ2n) is 6.96. The minimum absolute atomic E-state index is 0.201. The van der Waals surface area contributed by atoms with Gasteiger partial charge in [0.2, 0.25) is 0 Å². The predicted octanol–water partition coefficient (Wildman–Crippen LogP) is 0.935. The van der Waals surface area contributed by atoms with E-state index < -0.39 is 0 Å². The molecule has 0 aromatic heterocycles. The van der Waals surface area contributed by atoms with Crippen LogP contribution in [0.2, 0.25) is 0 Å². The molecule has 0 spiro atoms. The number of ether oxygens (including phenoxy) is 2. The fourth-order valence-corrected chi connectivity index (χ4v) is 2.63. The molecule has 1 aliphatic rings. The van der Waals surface area contributed by atoms with E-state index >= 15 is 0 Å². The Kier molecular flexibility index (Phi) is 8.75. The van der Waals surface area contributed by atoms with Gasteiger partial charge in [0.15, 0.2) is 5.96 Å². The Labute approximate surface area is 135 Å². The third kappa shape index (κ3) is 8.56. The van der Waals surface area contributed by atoms with E-state index in [1.54, 1.807) is 7.05 Å². The van der Waals surface area contributed by atoms with Crippen molar-refractivity contribution < 1.29 is 9.47 Å². The minimum atomic E-state index is 0.201. The molecule has 2 N–H and O–H groups in total. The van der Waals surface area contributed by atoms with Gasteiger partial charge in [-0.3, -0.25) is 4.99 Å². The first-order valence-electron chi connectivity index (χ1n) is 8.21. The molecule has 1 fully saturated rings. The van der Waals surface area contributed by atoms with E-state index in [1.165, 1.54) is 0 Å². The summed E-state index contributed by atoms with van der Waals surface area (Å²) < 4.78 is 11.0. The summed E-state index contributed by atoms with van der Waals surface area (Å²) in [7, 11) is 6.01. The monoisotopic (exact) mass is 314 g/mol. The van der Waals surface area contributed by atoms with Crippen molar-refractivity contribution in [3.63, 3.8) is 0 Å². The highest BCUT2D eigenvalue weighted by molar-refractivity contribution is 5.79. The van der Waals surface area contributed by atoms with Gasteiger partial charge in [-0.2, -0.15) is 0 Å². The van der Waals surface area contributed by atoms with Crippen molar-refractivity contribution in [3.05, 3.63) is 0 Å². The molecule has 1 atom stereocenters. The molecule has 1 rings (SSSR count). The summed E-state index contributed by atoms with van der Waals surface area (Å²) in [4.78, 5) is 6.48. The average Bonchev–Trinajstić information content (AvgIpc) is 2.93. The molecule has 1 unspecified atom stereocenters. The lowest BCUT2D eigenvalue weighted by atomic mass is 9.93. The molecule has 130 valence electrons. The Balaban J connectivity index is 2.11. The maximum absolute atomic E-state index is 5.75. The van der Waals surface area contributed by atoms with Crippen LogP contribution in [0.4, 0.5) is 0 Å². The van der Waals surface area contributed by atoms with Crippen molar-refractivity contribution in [2.45, 2.75) is 32.8 Å². The molecular weight excluding hydrogens is 280 g/mol. The van der Waals surface area contributed by atoms with Crippen LogP contribution in [0.25, 0.3) is 0 Å². The first kappa shape index (κ1) is 19.2. The van der Waals surface area contributed by atoms with E-state index in [2.05, 4.69) is 48.5 Å². The lowest BCUT2D eigenvalue weighted by molar-refractivity contribution is 0.0420. The Hall–Kier alpha value is -0.850. The molecule has 6 heteroatoms. The second kappa shape index (κ2) is 10.0. The topological polar surface area (TPSA) is 58.1 Å². The summed E-state index contributed by atoms with van der Waals surface area (Å²) in [5.41, 5.74) is 0.201. The van der Waals surface area contributed by atoms with E-state index in [0.717, 1.165) is 58.3 Å². The molecule has 0 bridgehead atoms. The fraction of sp³-hybridized carbons (Fsp3) is 0.938. The molecule has 6 nitrogen and oxygen atoms in total. The number of guanidine groups is 1. The van der Waals surface area contributed by atoms with E-state index in [-0.39, 0.29) is 5.41 Å². The summed E-state index contributed by atoms with van der Waals surface area (Å²) in [6.07, 6.45) is 2.29. The zero-order chi connectivity index (χ0) is 16.4. The standard InChI is InChI=1S/C16H34N4O2/c1-16(2,13-20(4)5)12-19-15(17-3)18-8-6-9-22-14-7-10-21-11-14/h14H,6-13H2,1-5H3,(H2,17,18,19). The van der Waals surface area contributed by atoms with Crippen LogP contribution in [0.15, 0.2) is 4.99 Å². The van der Waals surface area contributed by atoms with Crippen molar-refractivity contribution in [3.8, 4) is 0 Å². The predicted molar refractivity (Wildman–Crippen MR) is 91.5 cm³/mol. The Bertz CT molecular complexity index is 326. The van der Waals surface area contributed by atoms with Crippen molar-refractivity contribution in [2.24, 2.45) is 10.4 Å². The maximum Gasteiger partial charge on any atom is 0.190 e. The number of hydrogen-bond acceptors (Lipinski definition) is 4. The van der Waals surface area contributed by atoms with Crippen LogP contribution in [0.5, 0.6) is 0 Å². The molecule has 0 aliphatic carbocycles. The molecule has 0 amide bonds. The molecule has 0 radical (unpaired) electrons. The molecule has 1 aliphatic heterocycles. The van der Waals surface area contributed by atoms with E-state index in [1.807, 2.05) is 0 Å². The van der Waals surface area contributed by atoms with E-state index in [9.17, 15) is 0 Å². The SMILES string of the molecule is CN=C(NCCCOC1CCOC1)NCC(C)(C)CN(C)C. The van der Waals surface area contributed by atoms with E-state index in [0.29, 0.717) is 6.10 Å². The normalized spacial score (nSPS) is 19.7. The summed E-state index contributed by atoms with van der Waals surface area (Å²) in [5, 5.41) is 6.73. The largest absolute Gasteiger partial charge is 0.379 e. The van der Waals surface area contributed by atoms with Gasteiger partial charge in [0.25, 0.3) is 0 Å². The molecular formula is C16H34N4O2.